The molecule has 0 amide bonds. The molecule has 0 saturated carbocycles. The number of rotatable bonds is 2. The van der Waals surface area contributed by atoms with Crippen LogP contribution in [-0.2, 0) is 0 Å². The molecule has 0 nitrogen and oxygen atoms in total. The Hall–Kier alpha value is 0.0769. The number of hydrogen-bond acceptors (Lipinski definition) is 0. The molecule has 0 aromatic heterocycles. The SMILES string of the molecule is CC(C)C[Si](F)F. The fourth-order valence-electron chi connectivity index (χ4n) is 0.309. The van der Waals surface area contributed by atoms with E-state index in [1.54, 1.807) is 0 Å². The third-order valence-corrected chi connectivity index (χ3v) is 1.69. The maximum Gasteiger partial charge on any atom is 0.477 e. The van der Waals surface area contributed by atoms with E-state index in [9.17, 15) is 8.22 Å². The molecular weight excluding hydrogens is 114 g/mol. The molecule has 43 valence electrons. The third-order valence-electron chi connectivity index (χ3n) is 0.563. The summed E-state index contributed by atoms with van der Waals surface area (Å²) in [6, 6.07) is 0.130. The first-order valence-corrected chi connectivity index (χ1v) is 3.76. The van der Waals surface area contributed by atoms with Crippen molar-refractivity contribution in [2.75, 3.05) is 0 Å². The van der Waals surface area contributed by atoms with E-state index in [0.29, 0.717) is 0 Å². The second kappa shape index (κ2) is 3.13. The van der Waals surface area contributed by atoms with Gasteiger partial charge in [-0.2, -0.15) is 0 Å². The monoisotopic (exact) mass is 123 g/mol. The van der Waals surface area contributed by atoms with Crippen LogP contribution < -0.4 is 0 Å². The molecule has 1 radical (unpaired) electrons. The molecule has 7 heavy (non-hydrogen) atoms. The molecule has 0 spiro atoms. The van der Waals surface area contributed by atoms with Gasteiger partial charge in [-0.25, -0.2) is 0 Å². The Morgan fingerprint density at radius 2 is 1.86 bits per heavy atom. The molecule has 0 aromatic carbocycles. The van der Waals surface area contributed by atoms with Gasteiger partial charge in [0.15, 0.2) is 0 Å². The Morgan fingerprint density at radius 3 is 1.86 bits per heavy atom. The van der Waals surface area contributed by atoms with Gasteiger partial charge in [0.2, 0.25) is 0 Å². The van der Waals surface area contributed by atoms with Crippen molar-refractivity contribution in [3.63, 3.8) is 0 Å². The first-order valence-electron chi connectivity index (χ1n) is 2.29. The number of hydrogen-bond donors (Lipinski definition) is 0. The summed E-state index contributed by atoms with van der Waals surface area (Å²) in [4.78, 5) is 0. The van der Waals surface area contributed by atoms with E-state index in [1.807, 2.05) is 13.8 Å². The lowest BCUT2D eigenvalue weighted by atomic mass is 10.3. The largest absolute Gasteiger partial charge is 0.477 e. The van der Waals surface area contributed by atoms with Crippen molar-refractivity contribution in [1.29, 1.82) is 0 Å². The van der Waals surface area contributed by atoms with E-state index >= 15 is 0 Å². The molecule has 0 saturated heterocycles. The zero-order valence-corrected chi connectivity index (χ0v) is 5.54. The maximum absolute atomic E-state index is 11.4. The first-order chi connectivity index (χ1) is 3.13. The maximum atomic E-state index is 11.4. The van der Waals surface area contributed by atoms with Gasteiger partial charge in [-0.1, -0.05) is 13.8 Å². The Morgan fingerprint density at radius 1 is 1.43 bits per heavy atom. The Labute approximate surface area is 44.5 Å². The van der Waals surface area contributed by atoms with Crippen LogP contribution in [0.3, 0.4) is 0 Å². The van der Waals surface area contributed by atoms with E-state index in [2.05, 4.69) is 0 Å². The van der Waals surface area contributed by atoms with Gasteiger partial charge in [0, 0.05) is 6.04 Å². The van der Waals surface area contributed by atoms with Crippen LogP contribution in [0.4, 0.5) is 8.22 Å². The van der Waals surface area contributed by atoms with Gasteiger partial charge in [0.25, 0.3) is 0 Å². The Kier molecular flexibility index (Phi) is 3.16. The summed E-state index contributed by atoms with van der Waals surface area (Å²) in [5.74, 6) is 0.170. The van der Waals surface area contributed by atoms with Crippen molar-refractivity contribution in [2.24, 2.45) is 5.92 Å². The molecule has 0 N–H and O–H groups in total. The van der Waals surface area contributed by atoms with E-state index in [-0.39, 0.29) is 12.0 Å². The van der Waals surface area contributed by atoms with Crippen molar-refractivity contribution in [2.45, 2.75) is 19.9 Å². The molecule has 3 heteroatoms. The van der Waals surface area contributed by atoms with Gasteiger partial charge >= 0.3 is 9.46 Å². The zero-order chi connectivity index (χ0) is 5.86. The molecule has 0 unspecified atom stereocenters. The molecule has 0 rings (SSSR count). The van der Waals surface area contributed by atoms with Crippen molar-refractivity contribution < 1.29 is 8.22 Å². The van der Waals surface area contributed by atoms with Crippen LogP contribution in [0, 0.1) is 5.92 Å². The van der Waals surface area contributed by atoms with Gasteiger partial charge in [0.1, 0.15) is 0 Å². The lowest BCUT2D eigenvalue weighted by Crippen LogP contribution is -2.00. The quantitative estimate of drug-likeness (QED) is 0.389. The molecule has 0 bridgehead atoms. The summed E-state index contributed by atoms with van der Waals surface area (Å²) in [6.07, 6.45) is 0. The molecule has 0 aliphatic rings. The summed E-state index contributed by atoms with van der Waals surface area (Å²) in [6.45, 7) is 3.62. The van der Waals surface area contributed by atoms with Gasteiger partial charge < -0.3 is 0 Å². The van der Waals surface area contributed by atoms with E-state index in [0.717, 1.165) is 0 Å². The highest BCUT2D eigenvalue weighted by molar-refractivity contribution is 6.42. The minimum absolute atomic E-state index is 0.130. The second-order valence-corrected chi connectivity index (χ2v) is 3.02. The van der Waals surface area contributed by atoms with E-state index in [1.165, 1.54) is 0 Å². The minimum Gasteiger partial charge on any atom is -0.268 e. The average Bonchev–Trinajstić information content (AvgIpc) is 1.27. The second-order valence-electron chi connectivity index (χ2n) is 1.94. The Balaban J connectivity index is 2.95. The fraction of sp³-hybridized carbons (Fsp3) is 1.00. The standard InChI is InChI=1S/C4H9F2Si/c1-4(2)3-7(5)6/h4H,3H2,1-2H3. The van der Waals surface area contributed by atoms with Gasteiger partial charge in [-0.3, -0.25) is 8.22 Å². The van der Waals surface area contributed by atoms with Crippen LogP contribution in [0.25, 0.3) is 0 Å². The first kappa shape index (κ1) is 7.08. The minimum atomic E-state index is -2.93. The summed E-state index contributed by atoms with van der Waals surface area (Å²) >= 11 is 0. The molecule has 0 atom stereocenters. The van der Waals surface area contributed by atoms with Gasteiger partial charge in [-0.05, 0) is 5.92 Å². The zero-order valence-electron chi connectivity index (χ0n) is 4.54. The molecule has 0 fully saturated rings. The van der Waals surface area contributed by atoms with Crippen LogP contribution in [0.2, 0.25) is 6.04 Å². The highest BCUT2D eigenvalue weighted by atomic mass is 28.4. The molecule has 0 heterocycles. The normalized spacial score (nSPS) is 11.1. The predicted octanol–water partition coefficient (Wildman–Crippen LogP) is 2.07. The van der Waals surface area contributed by atoms with Gasteiger partial charge in [-0.15, -0.1) is 0 Å². The van der Waals surface area contributed by atoms with Crippen LogP contribution in [0.15, 0.2) is 0 Å². The van der Waals surface area contributed by atoms with Crippen LogP contribution >= 0.6 is 0 Å². The van der Waals surface area contributed by atoms with Crippen LogP contribution in [0.1, 0.15) is 13.8 Å². The smallest absolute Gasteiger partial charge is 0.268 e. The predicted molar refractivity (Wildman–Crippen MR) is 27.6 cm³/mol. The van der Waals surface area contributed by atoms with Gasteiger partial charge in [0.05, 0.1) is 0 Å². The molecule has 0 aliphatic heterocycles. The average molecular weight is 123 g/mol. The van der Waals surface area contributed by atoms with Crippen molar-refractivity contribution in [3.8, 4) is 0 Å². The Bertz CT molecular complexity index is 39.0. The molecular formula is C4H9F2Si. The van der Waals surface area contributed by atoms with Crippen molar-refractivity contribution in [1.82, 2.24) is 0 Å². The van der Waals surface area contributed by atoms with Crippen LogP contribution in [0.5, 0.6) is 0 Å². The topological polar surface area (TPSA) is 0 Å². The molecule has 0 aromatic rings. The highest BCUT2D eigenvalue weighted by Crippen LogP contribution is 2.05. The number of halogens is 2. The molecule has 0 aliphatic carbocycles. The summed E-state index contributed by atoms with van der Waals surface area (Å²) < 4.78 is 22.8. The highest BCUT2D eigenvalue weighted by Gasteiger charge is 2.10. The summed E-state index contributed by atoms with van der Waals surface area (Å²) in [5, 5.41) is 0. The van der Waals surface area contributed by atoms with E-state index < -0.39 is 9.46 Å². The van der Waals surface area contributed by atoms with Crippen molar-refractivity contribution >= 4 is 9.46 Å². The van der Waals surface area contributed by atoms with E-state index in [4.69, 9.17) is 0 Å². The van der Waals surface area contributed by atoms with Crippen LogP contribution in [-0.4, -0.2) is 9.46 Å². The fourth-order valence-corrected chi connectivity index (χ4v) is 0.926. The third kappa shape index (κ3) is 6.08. The summed E-state index contributed by atoms with van der Waals surface area (Å²) in [5.41, 5.74) is 0. The lowest BCUT2D eigenvalue weighted by molar-refractivity contribution is 0.601. The lowest BCUT2D eigenvalue weighted by Gasteiger charge is -1.96. The van der Waals surface area contributed by atoms with Crippen molar-refractivity contribution in [3.05, 3.63) is 0 Å². The summed E-state index contributed by atoms with van der Waals surface area (Å²) in [7, 11) is -2.93.